The quantitative estimate of drug-likeness (QED) is 0.395. The number of nitrogens with zero attached hydrogens (tertiary/aromatic N) is 4. The second-order valence-corrected chi connectivity index (χ2v) is 7.57. The molecule has 0 atom stereocenters. The van der Waals surface area contributed by atoms with Crippen LogP contribution in [0, 0.1) is 5.92 Å². The van der Waals surface area contributed by atoms with Crippen LogP contribution >= 0.6 is 0 Å². The standard InChI is InChI=1S/C20H27N4O4/c1-21-14-16(18(26)22(2)20(21)28)8-9-17(25)23-10-12-24(13-11-23)19(27)15-6-4-3-5-7-15/h9,14-15H,3-7,10-13H2,1-2H3/q+1. The summed E-state index contributed by atoms with van der Waals surface area (Å²) < 4.78 is 1.28. The normalized spacial score (nSPS) is 21.4. The molecule has 5 amide bonds. The predicted molar refractivity (Wildman–Crippen MR) is 102 cm³/mol. The average Bonchev–Trinajstić information content (AvgIpc) is 2.73. The zero-order valence-corrected chi connectivity index (χ0v) is 16.5. The molecule has 0 aromatic heterocycles. The van der Waals surface area contributed by atoms with Gasteiger partial charge >= 0.3 is 11.9 Å². The topological polar surface area (TPSA) is 81.0 Å². The van der Waals surface area contributed by atoms with Gasteiger partial charge in [-0.15, -0.1) is 0 Å². The van der Waals surface area contributed by atoms with Gasteiger partial charge in [-0.1, -0.05) is 25.0 Å². The van der Waals surface area contributed by atoms with Crippen LogP contribution in [0.1, 0.15) is 32.1 Å². The van der Waals surface area contributed by atoms with E-state index in [1.165, 1.54) is 37.4 Å². The van der Waals surface area contributed by atoms with E-state index in [0.29, 0.717) is 26.2 Å². The number of urea groups is 1. The van der Waals surface area contributed by atoms with Crippen molar-refractivity contribution in [1.82, 2.24) is 14.7 Å². The van der Waals surface area contributed by atoms with Crippen LogP contribution in [0.5, 0.6) is 0 Å². The predicted octanol–water partition coefficient (Wildman–Crippen LogP) is 0.624. The van der Waals surface area contributed by atoms with Gasteiger partial charge in [0.1, 0.15) is 11.8 Å². The minimum Gasteiger partial charge on any atom is -0.339 e. The molecule has 0 bridgehead atoms. The Hall–Kier alpha value is -2.73. The second-order valence-electron chi connectivity index (χ2n) is 7.57. The molecule has 2 fully saturated rings. The Morgan fingerprint density at radius 3 is 2.32 bits per heavy atom. The van der Waals surface area contributed by atoms with Crippen molar-refractivity contribution in [2.45, 2.75) is 32.1 Å². The van der Waals surface area contributed by atoms with Crippen molar-refractivity contribution in [3.05, 3.63) is 17.4 Å². The Morgan fingerprint density at radius 1 is 1.07 bits per heavy atom. The summed E-state index contributed by atoms with van der Waals surface area (Å²) in [7, 11) is 2.93. The summed E-state index contributed by atoms with van der Waals surface area (Å²) in [5, 5.41) is 0. The van der Waals surface area contributed by atoms with Crippen molar-refractivity contribution >= 4 is 30.0 Å². The van der Waals surface area contributed by atoms with Gasteiger partial charge in [0.2, 0.25) is 5.91 Å². The van der Waals surface area contributed by atoms with Crippen LogP contribution in [0.2, 0.25) is 0 Å². The molecule has 8 nitrogen and oxygen atoms in total. The summed E-state index contributed by atoms with van der Waals surface area (Å²) in [5.74, 6) is -0.372. The molecule has 1 saturated carbocycles. The molecule has 28 heavy (non-hydrogen) atoms. The van der Waals surface area contributed by atoms with Gasteiger partial charge in [0.25, 0.3) is 5.91 Å². The molecule has 2 heterocycles. The molecule has 0 N–H and O–H groups in total. The van der Waals surface area contributed by atoms with Crippen molar-refractivity contribution < 1.29 is 23.8 Å². The van der Waals surface area contributed by atoms with Crippen LogP contribution in [-0.4, -0.2) is 89.5 Å². The lowest BCUT2D eigenvalue weighted by Gasteiger charge is -2.36. The molecule has 0 aromatic carbocycles. The number of carbonyl (C=O) groups is 4. The SMILES string of the molecule is CN1C(=O)C(=C=CC(=O)N2CCN(C(=O)C3CCCCC3)CC2)C=[N+](C)C1=O. The number of rotatable bonds is 2. The fourth-order valence-corrected chi connectivity index (χ4v) is 3.89. The molecule has 0 radical (unpaired) electrons. The van der Waals surface area contributed by atoms with E-state index in [2.05, 4.69) is 5.73 Å². The lowest BCUT2D eigenvalue weighted by Crippen LogP contribution is -2.51. The van der Waals surface area contributed by atoms with Gasteiger partial charge in [-0.05, 0) is 12.8 Å². The van der Waals surface area contributed by atoms with E-state index in [0.717, 1.165) is 30.6 Å². The lowest BCUT2D eigenvalue weighted by molar-refractivity contribution is -0.397. The summed E-state index contributed by atoms with van der Waals surface area (Å²) in [5.41, 5.74) is 2.87. The fraction of sp³-hybridized carbons (Fsp3) is 0.600. The Kier molecular flexibility index (Phi) is 6.09. The maximum absolute atomic E-state index is 12.6. The van der Waals surface area contributed by atoms with Gasteiger partial charge in [-0.25, -0.2) is 4.79 Å². The molecule has 150 valence electrons. The van der Waals surface area contributed by atoms with E-state index in [9.17, 15) is 19.2 Å². The van der Waals surface area contributed by atoms with E-state index in [1.807, 2.05) is 4.90 Å². The van der Waals surface area contributed by atoms with Gasteiger partial charge in [0, 0.05) is 38.2 Å². The maximum Gasteiger partial charge on any atom is 0.500 e. The van der Waals surface area contributed by atoms with E-state index in [-0.39, 0.29) is 23.3 Å². The van der Waals surface area contributed by atoms with E-state index in [1.54, 1.807) is 4.90 Å². The Labute approximate surface area is 164 Å². The largest absolute Gasteiger partial charge is 0.500 e. The average molecular weight is 387 g/mol. The van der Waals surface area contributed by atoms with Crippen LogP contribution in [0.25, 0.3) is 0 Å². The third-order valence-electron chi connectivity index (χ3n) is 5.66. The number of likely N-dealkylation sites (N-methyl/N-ethyl adjacent to an activating group) is 1. The minimum absolute atomic E-state index is 0.144. The van der Waals surface area contributed by atoms with Crippen molar-refractivity contribution in [2.24, 2.45) is 5.92 Å². The zero-order chi connectivity index (χ0) is 20.3. The van der Waals surface area contributed by atoms with E-state index >= 15 is 0 Å². The molecule has 1 aliphatic carbocycles. The van der Waals surface area contributed by atoms with Crippen LogP contribution in [-0.2, 0) is 14.4 Å². The number of hydrogen-bond donors (Lipinski definition) is 0. The Balaban J connectivity index is 1.59. The van der Waals surface area contributed by atoms with Gasteiger partial charge < -0.3 is 9.80 Å². The summed E-state index contributed by atoms with van der Waals surface area (Å²) in [6, 6.07) is -0.430. The fourth-order valence-electron chi connectivity index (χ4n) is 3.89. The van der Waals surface area contributed by atoms with Gasteiger partial charge in [0.05, 0.1) is 14.1 Å². The molecule has 0 spiro atoms. The van der Waals surface area contributed by atoms with Crippen LogP contribution < -0.4 is 0 Å². The highest BCUT2D eigenvalue weighted by Gasteiger charge is 2.35. The summed E-state index contributed by atoms with van der Waals surface area (Å²) in [6.07, 6.45) is 8.02. The third kappa shape index (κ3) is 4.22. The lowest BCUT2D eigenvalue weighted by atomic mass is 9.88. The third-order valence-corrected chi connectivity index (χ3v) is 5.66. The molecule has 0 aromatic rings. The molecular formula is C20H27N4O4+. The number of piperazine rings is 1. The van der Waals surface area contributed by atoms with Gasteiger partial charge in [0.15, 0.2) is 0 Å². The van der Waals surface area contributed by atoms with Crippen LogP contribution in [0.4, 0.5) is 4.79 Å². The Morgan fingerprint density at radius 2 is 1.68 bits per heavy atom. The second kappa shape index (κ2) is 8.52. The highest BCUT2D eigenvalue weighted by molar-refractivity contribution is 6.17. The van der Waals surface area contributed by atoms with Crippen molar-refractivity contribution in [1.29, 1.82) is 0 Å². The smallest absolute Gasteiger partial charge is 0.339 e. The minimum atomic E-state index is -0.491. The van der Waals surface area contributed by atoms with E-state index < -0.39 is 11.9 Å². The van der Waals surface area contributed by atoms with Crippen LogP contribution in [0.3, 0.4) is 0 Å². The zero-order valence-electron chi connectivity index (χ0n) is 16.5. The summed E-state index contributed by atoms with van der Waals surface area (Å²) in [6.45, 7) is 2.02. The molecule has 2 aliphatic heterocycles. The Bertz CT molecular complexity index is 780. The summed E-state index contributed by atoms with van der Waals surface area (Å²) in [4.78, 5) is 53.3. The van der Waals surface area contributed by atoms with Crippen molar-refractivity contribution in [3.8, 4) is 0 Å². The van der Waals surface area contributed by atoms with Gasteiger partial charge in [-0.3, -0.25) is 9.59 Å². The highest BCUT2D eigenvalue weighted by atomic mass is 16.2. The number of hydrogen-bond acceptors (Lipinski definition) is 4. The first kappa shape index (κ1) is 20.0. The maximum atomic E-state index is 12.6. The first-order chi connectivity index (χ1) is 13.4. The highest BCUT2D eigenvalue weighted by Crippen LogP contribution is 2.25. The van der Waals surface area contributed by atoms with Gasteiger partial charge in [-0.2, -0.15) is 14.3 Å². The molecule has 8 heteroatoms. The van der Waals surface area contributed by atoms with Crippen molar-refractivity contribution in [2.75, 3.05) is 40.3 Å². The molecule has 3 aliphatic rings. The first-order valence-electron chi connectivity index (χ1n) is 9.82. The van der Waals surface area contributed by atoms with E-state index in [4.69, 9.17) is 0 Å². The number of amides is 5. The molecule has 0 unspecified atom stereocenters. The molecular weight excluding hydrogens is 360 g/mol. The number of carbonyl (C=O) groups excluding carboxylic acids is 4. The van der Waals surface area contributed by atoms with Crippen LogP contribution in [0.15, 0.2) is 17.4 Å². The molecule has 1 saturated heterocycles. The monoisotopic (exact) mass is 387 g/mol. The summed E-state index contributed by atoms with van der Waals surface area (Å²) >= 11 is 0. The van der Waals surface area contributed by atoms with Crippen molar-refractivity contribution in [3.63, 3.8) is 0 Å². The number of imide groups is 1. The first-order valence-corrected chi connectivity index (χ1v) is 9.82. The molecule has 3 rings (SSSR count).